The van der Waals surface area contributed by atoms with Crippen molar-refractivity contribution in [3.63, 3.8) is 0 Å². The molecule has 0 radical (unpaired) electrons. The number of aryl methyl sites for hydroxylation is 1. The summed E-state index contributed by atoms with van der Waals surface area (Å²) in [5.74, 6) is 0.755. The van der Waals surface area contributed by atoms with Gasteiger partial charge in [0.1, 0.15) is 11.9 Å². The summed E-state index contributed by atoms with van der Waals surface area (Å²) < 4.78 is 5.79. The van der Waals surface area contributed by atoms with Gasteiger partial charge in [-0.3, -0.25) is 4.79 Å². The first-order valence-corrected chi connectivity index (χ1v) is 6.97. The molecule has 118 valence electrons. The van der Waals surface area contributed by atoms with Crippen LogP contribution in [0.15, 0.2) is 24.3 Å². The van der Waals surface area contributed by atoms with Gasteiger partial charge in [0.15, 0.2) is 0 Å². The van der Waals surface area contributed by atoms with E-state index in [1.165, 1.54) is 0 Å². The fraction of sp³-hybridized carbons (Fsp3) is 0.533. The molecule has 1 aliphatic rings. The molecule has 0 aromatic heterocycles. The predicted molar refractivity (Wildman–Crippen MR) is 83.9 cm³/mol. The molecule has 21 heavy (non-hydrogen) atoms. The largest absolute Gasteiger partial charge is 0.489 e. The fourth-order valence-corrected chi connectivity index (χ4v) is 2.23. The van der Waals surface area contributed by atoms with Crippen molar-refractivity contribution >= 4 is 18.3 Å². The molecule has 1 saturated heterocycles. The van der Waals surface area contributed by atoms with E-state index in [0.29, 0.717) is 19.5 Å². The molecular weight excluding hydrogens is 292 g/mol. The zero-order chi connectivity index (χ0) is 14.5. The number of benzene rings is 1. The standard InChI is InChI=1S/C15H22N2O3.ClH/c1-10-5-3-4-6-14(10)20-11(2)8-17-15(19)13-7-12(18)9-16-13;/h3-6,11-13,16,18H,7-9H2,1-2H3,(H,17,19);1H. The number of nitrogens with one attached hydrogen (secondary N) is 2. The average Bonchev–Trinajstić information content (AvgIpc) is 2.85. The summed E-state index contributed by atoms with van der Waals surface area (Å²) in [4.78, 5) is 11.9. The maximum absolute atomic E-state index is 11.9. The Kier molecular flexibility index (Phi) is 6.95. The number of amides is 1. The van der Waals surface area contributed by atoms with Gasteiger partial charge >= 0.3 is 0 Å². The number of β-amino-alcohol motifs (C(OH)–C–C–N with tert-alkyl or cyclic N) is 1. The summed E-state index contributed by atoms with van der Waals surface area (Å²) in [6.45, 7) is 4.84. The Bertz CT molecular complexity index is 470. The van der Waals surface area contributed by atoms with Crippen LogP contribution in [0.25, 0.3) is 0 Å². The normalized spacial score (nSPS) is 22.2. The predicted octanol–water partition coefficient (Wildman–Crippen LogP) is 1.02. The van der Waals surface area contributed by atoms with Gasteiger partial charge in [0.25, 0.3) is 0 Å². The van der Waals surface area contributed by atoms with E-state index in [-0.39, 0.29) is 30.5 Å². The lowest BCUT2D eigenvalue weighted by atomic mass is 10.2. The average molecular weight is 315 g/mol. The van der Waals surface area contributed by atoms with Crippen LogP contribution in [0.3, 0.4) is 0 Å². The van der Waals surface area contributed by atoms with Crippen molar-refractivity contribution in [3.8, 4) is 5.75 Å². The van der Waals surface area contributed by atoms with Gasteiger partial charge in [-0.15, -0.1) is 12.4 Å². The van der Waals surface area contributed by atoms with Crippen molar-refractivity contribution in [3.05, 3.63) is 29.8 Å². The number of para-hydroxylation sites is 1. The molecule has 3 unspecified atom stereocenters. The molecule has 1 aromatic rings. The van der Waals surface area contributed by atoms with E-state index in [2.05, 4.69) is 10.6 Å². The lowest BCUT2D eigenvalue weighted by molar-refractivity contribution is -0.123. The van der Waals surface area contributed by atoms with Crippen LogP contribution in [-0.2, 0) is 4.79 Å². The van der Waals surface area contributed by atoms with Crippen LogP contribution < -0.4 is 15.4 Å². The molecule has 1 heterocycles. The van der Waals surface area contributed by atoms with Crippen LogP contribution in [0.1, 0.15) is 18.9 Å². The second kappa shape index (κ2) is 8.22. The van der Waals surface area contributed by atoms with Crippen molar-refractivity contribution in [1.82, 2.24) is 10.6 Å². The minimum Gasteiger partial charge on any atom is -0.489 e. The lowest BCUT2D eigenvalue weighted by Gasteiger charge is -2.18. The minimum atomic E-state index is -0.425. The Balaban J connectivity index is 0.00000220. The van der Waals surface area contributed by atoms with Crippen molar-refractivity contribution in [2.24, 2.45) is 0 Å². The Morgan fingerprint density at radius 3 is 2.86 bits per heavy atom. The number of aliphatic hydroxyl groups excluding tert-OH is 1. The van der Waals surface area contributed by atoms with Crippen LogP contribution in [0.2, 0.25) is 0 Å². The van der Waals surface area contributed by atoms with E-state index in [1.807, 2.05) is 38.1 Å². The number of aliphatic hydroxyl groups is 1. The monoisotopic (exact) mass is 314 g/mol. The number of halogens is 1. The highest BCUT2D eigenvalue weighted by Crippen LogP contribution is 2.17. The van der Waals surface area contributed by atoms with Gasteiger partial charge in [-0.05, 0) is 31.9 Å². The van der Waals surface area contributed by atoms with Gasteiger partial charge < -0.3 is 20.5 Å². The SMILES string of the molecule is Cc1ccccc1OC(C)CNC(=O)C1CC(O)CN1.Cl. The zero-order valence-electron chi connectivity index (χ0n) is 12.3. The molecule has 5 nitrogen and oxygen atoms in total. The smallest absolute Gasteiger partial charge is 0.237 e. The first-order valence-electron chi connectivity index (χ1n) is 6.97. The number of ether oxygens (including phenoxy) is 1. The molecule has 0 bridgehead atoms. The highest BCUT2D eigenvalue weighted by Gasteiger charge is 2.27. The van der Waals surface area contributed by atoms with Gasteiger partial charge in [0.05, 0.1) is 18.7 Å². The zero-order valence-corrected chi connectivity index (χ0v) is 13.2. The Labute approximate surface area is 131 Å². The molecule has 2 rings (SSSR count). The second-order valence-electron chi connectivity index (χ2n) is 5.29. The van der Waals surface area contributed by atoms with Crippen LogP contribution in [0.5, 0.6) is 5.75 Å². The maximum atomic E-state index is 11.9. The van der Waals surface area contributed by atoms with Crippen molar-refractivity contribution in [2.45, 2.75) is 38.5 Å². The van der Waals surface area contributed by atoms with Gasteiger partial charge in [0.2, 0.25) is 5.91 Å². The highest BCUT2D eigenvalue weighted by atomic mass is 35.5. The van der Waals surface area contributed by atoms with E-state index in [0.717, 1.165) is 11.3 Å². The van der Waals surface area contributed by atoms with Crippen molar-refractivity contribution in [2.75, 3.05) is 13.1 Å². The van der Waals surface area contributed by atoms with Gasteiger partial charge in [-0.2, -0.15) is 0 Å². The molecule has 0 aliphatic carbocycles. The Morgan fingerprint density at radius 1 is 1.52 bits per heavy atom. The molecule has 1 aromatic carbocycles. The number of carbonyl (C=O) groups excluding carboxylic acids is 1. The quantitative estimate of drug-likeness (QED) is 0.759. The molecule has 3 atom stereocenters. The van der Waals surface area contributed by atoms with E-state index in [1.54, 1.807) is 0 Å². The number of rotatable bonds is 5. The summed E-state index contributed by atoms with van der Waals surface area (Å²) in [7, 11) is 0. The Hall–Kier alpha value is -1.30. The molecule has 1 aliphatic heterocycles. The van der Waals surface area contributed by atoms with Gasteiger partial charge in [0, 0.05) is 6.54 Å². The third kappa shape index (κ3) is 5.19. The summed E-state index contributed by atoms with van der Waals surface area (Å²) in [6, 6.07) is 7.51. The summed E-state index contributed by atoms with van der Waals surface area (Å²) in [6.07, 6.45) is -0.0587. The first kappa shape index (κ1) is 17.8. The second-order valence-corrected chi connectivity index (χ2v) is 5.29. The Morgan fingerprint density at radius 2 is 2.24 bits per heavy atom. The molecule has 3 N–H and O–H groups in total. The summed E-state index contributed by atoms with van der Waals surface area (Å²) in [5, 5.41) is 15.2. The van der Waals surface area contributed by atoms with E-state index >= 15 is 0 Å². The summed E-state index contributed by atoms with van der Waals surface area (Å²) >= 11 is 0. The fourth-order valence-electron chi connectivity index (χ4n) is 2.23. The van der Waals surface area contributed by atoms with E-state index in [4.69, 9.17) is 4.74 Å². The molecule has 1 fully saturated rings. The molecular formula is C15H23ClN2O3. The van der Waals surface area contributed by atoms with Gasteiger partial charge in [-0.1, -0.05) is 18.2 Å². The number of hydrogen-bond acceptors (Lipinski definition) is 4. The molecule has 0 spiro atoms. The molecule has 1 amide bonds. The lowest BCUT2D eigenvalue weighted by Crippen LogP contribution is -2.43. The van der Waals surface area contributed by atoms with Crippen LogP contribution in [-0.4, -0.2) is 42.4 Å². The van der Waals surface area contributed by atoms with Crippen molar-refractivity contribution < 1.29 is 14.6 Å². The minimum absolute atomic E-state index is 0. The number of hydrogen-bond donors (Lipinski definition) is 3. The maximum Gasteiger partial charge on any atom is 0.237 e. The molecule has 6 heteroatoms. The van der Waals surface area contributed by atoms with E-state index in [9.17, 15) is 9.90 Å². The third-order valence-electron chi connectivity index (χ3n) is 3.41. The summed E-state index contributed by atoms with van der Waals surface area (Å²) in [5.41, 5.74) is 1.08. The van der Waals surface area contributed by atoms with E-state index < -0.39 is 6.10 Å². The molecule has 0 saturated carbocycles. The first-order chi connectivity index (χ1) is 9.56. The van der Waals surface area contributed by atoms with Crippen LogP contribution >= 0.6 is 12.4 Å². The van der Waals surface area contributed by atoms with Crippen molar-refractivity contribution in [1.29, 1.82) is 0 Å². The topological polar surface area (TPSA) is 70.6 Å². The highest BCUT2D eigenvalue weighted by molar-refractivity contribution is 5.85. The third-order valence-corrected chi connectivity index (χ3v) is 3.41. The van der Waals surface area contributed by atoms with Crippen LogP contribution in [0, 0.1) is 6.92 Å². The van der Waals surface area contributed by atoms with Crippen LogP contribution in [0.4, 0.5) is 0 Å². The van der Waals surface area contributed by atoms with Gasteiger partial charge in [-0.25, -0.2) is 0 Å². The number of carbonyl (C=O) groups is 1.